The first kappa shape index (κ1) is 14.5. The number of aromatic nitrogens is 3. The van der Waals surface area contributed by atoms with Gasteiger partial charge in [-0.2, -0.15) is 18.3 Å². The molecule has 0 unspecified atom stereocenters. The summed E-state index contributed by atoms with van der Waals surface area (Å²) in [5, 5.41) is 8.56. The summed E-state index contributed by atoms with van der Waals surface area (Å²) in [4.78, 5) is 15.6. The number of hydrogen-bond acceptors (Lipinski definition) is 3. The molecule has 5 nitrogen and oxygen atoms in total. The summed E-state index contributed by atoms with van der Waals surface area (Å²) in [5.74, 6) is -0.217. The molecule has 0 aliphatic rings. The van der Waals surface area contributed by atoms with Crippen molar-refractivity contribution in [3.05, 3.63) is 46.0 Å². The van der Waals surface area contributed by atoms with Crippen LogP contribution >= 0.6 is 15.9 Å². The van der Waals surface area contributed by atoms with Gasteiger partial charge in [0.1, 0.15) is 12.2 Å². The summed E-state index contributed by atoms with van der Waals surface area (Å²) in [6, 6.07) is 3.28. The molecule has 0 aliphatic carbocycles. The van der Waals surface area contributed by atoms with E-state index in [0.717, 1.165) is 6.07 Å². The van der Waals surface area contributed by atoms with E-state index >= 15 is 0 Å². The topological polar surface area (TPSA) is 70.7 Å². The van der Waals surface area contributed by atoms with Crippen LogP contribution in [0.1, 0.15) is 21.7 Å². The molecule has 0 spiro atoms. The molecule has 0 bridgehead atoms. The van der Waals surface area contributed by atoms with Crippen molar-refractivity contribution in [3.63, 3.8) is 0 Å². The van der Waals surface area contributed by atoms with Crippen molar-refractivity contribution in [1.29, 1.82) is 0 Å². The summed E-state index contributed by atoms with van der Waals surface area (Å²) in [6.07, 6.45) is -3.26. The van der Waals surface area contributed by atoms with Crippen LogP contribution < -0.4 is 5.32 Å². The molecule has 2 N–H and O–H groups in total. The van der Waals surface area contributed by atoms with Gasteiger partial charge in [0.25, 0.3) is 5.91 Å². The molecule has 1 aromatic carbocycles. The second kappa shape index (κ2) is 5.61. The Bertz CT molecular complexity index is 613. The normalized spacial score (nSPS) is 11.4. The number of aromatic amines is 1. The minimum atomic E-state index is -4.53. The largest absolute Gasteiger partial charge is 0.417 e. The molecule has 2 rings (SSSR count). The lowest BCUT2D eigenvalue weighted by Crippen LogP contribution is -2.24. The average Bonchev–Trinajstić information content (AvgIpc) is 2.88. The van der Waals surface area contributed by atoms with Crippen LogP contribution in [0, 0.1) is 0 Å². The summed E-state index contributed by atoms with van der Waals surface area (Å²) in [6.45, 7) is 0.0518. The number of hydrogen-bond donors (Lipinski definition) is 2. The van der Waals surface area contributed by atoms with Gasteiger partial charge in [0, 0.05) is 10.0 Å². The molecular weight excluding hydrogens is 341 g/mol. The van der Waals surface area contributed by atoms with Crippen LogP contribution in [0.3, 0.4) is 0 Å². The van der Waals surface area contributed by atoms with Gasteiger partial charge in [0.15, 0.2) is 0 Å². The smallest absolute Gasteiger partial charge is 0.345 e. The quantitative estimate of drug-likeness (QED) is 0.895. The number of rotatable bonds is 3. The number of nitrogens with one attached hydrogen (secondary N) is 2. The zero-order valence-electron chi connectivity index (χ0n) is 9.83. The monoisotopic (exact) mass is 348 g/mol. The highest BCUT2D eigenvalue weighted by Crippen LogP contribution is 2.35. The zero-order chi connectivity index (χ0) is 14.8. The molecule has 0 saturated heterocycles. The number of benzene rings is 1. The highest BCUT2D eigenvalue weighted by atomic mass is 79.9. The maximum Gasteiger partial charge on any atom is 0.417 e. The second-order valence-electron chi connectivity index (χ2n) is 3.81. The number of nitrogens with zero attached hydrogens (tertiary/aromatic N) is 2. The van der Waals surface area contributed by atoms with Crippen LogP contribution in [0.5, 0.6) is 0 Å². The molecule has 9 heteroatoms. The highest BCUT2D eigenvalue weighted by molar-refractivity contribution is 9.10. The lowest BCUT2D eigenvalue weighted by molar-refractivity contribution is -0.138. The lowest BCUT2D eigenvalue weighted by Gasteiger charge is -2.11. The van der Waals surface area contributed by atoms with Gasteiger partial charge in [0.05, 0.1) is 12.1 Å². The third kappa shape index (κ3) is 3.35. The van der Waals surface area contributed by atoms with Gasteiger partial charge in [0.2, 0.25) is 0 Å². The lowest BCUT2D eigenvalue weighted by atomic mass is 10.1. The van der Waals surface area contributed by atoms with Crippen molar-refractivity contribution in [2.75, 3.05) is 0 Å². The first-order valence-corrected chi connectivity index (χ1v) is 6.16. The number of alkyl halides is 3. The molecule has 0 atom stereocenters. The fourth-order valence-electron chi connectivity index (χ4n) is 1.47. The van der Waals surface area contributed by atoms with Crippen molar-refractivity contribution in [1.82, 2.24) is 20.5 Å². The van der Waals surface area contributed by atoms with Crippen LogP contribution in [0.4, 0.5) is 13.2 Å². The van der Waals surface area contributed by atoms with E-state index in [2.05, 4.69) is 36.4 Å². The Hall–Kier alpha value is -1.90. The van der Waals surface area contributed by atoms with Crippen LogP contribution in [0.2, 0.25) is 0 Å². The maximum absolute atomic E-state index is 12.7. The van der Waals surface area contributed by atoms with Crippen LogP contribution in [-0.4, -0.2) is 21.1 Å². The Morgan fingerprint density at radius 1 is 1.40 bits per heavy atom. The van der Waals surface area contributed by atoms with Crippen molar-refractivity contribution in [2.24, 2.45) is 0 Å². The van der Waals surface area contributed by atoms with Gasteiger partial charge >= 0.3 is 6.18 Å². The average molecular weight is 349 g/mol. The van der Waals surface area contributed by atoms with E-state index in [1.807, 2.05) is 0 Å². The van der Waals surface area contributed by atoms with E-state index in [1.165, 1.54) is 18.5 Å². The Morgan fingerprint density at radius 2 is 2.15 bits per heavy atom. The van der Waals surface area contributed by atoms with Gasteiger partial charge in [-0.15, -0.1) is 0 Å². The Balaban J connectivity index is 2.14. The predicted molar refractivity (Wildman–Crippen MR) is 66.7 cm³/mol. The fourth-order valence-corrected chi connectivity index (χ4v) is 1.94. The number of carbonyl (C=O) groups is 1. The van der Waals surface area contributed by atoms with E-state index in [9.17, 15) is 18.0 Å². The summed E-state index contributed by atoms with van der Waals surface area (Å²) >= 11 is 2.81. The minimum absolute atomic E-state index is 0.0518. The summed E-state index contributed by atoms with van der Waals surface area (Å²) < 4.78 is 38.0. The predicted octanol–water partition coefficient (Wildman–Crippen LogP) is 2.52. The first-order valence-electron chi connectivity index (χ1n) is 5.37. The Kier molecular flexibility index (Phi) is 4.07. The molecule has 20 heavy (non-hydrogen) atoms. The molecule has 2 aromatic rings. The fraction of sp³-hybridized carbons (Fsp3) is 0.182. The molecule has 0 aliphatic heterocycles. The van der Waals surface area contributed by atoms with Gasteiger partial charge in [-0.05, 0) is 18.2 Å². The van der Waals surface area contributed by atoms with E-state index in [-0.39, 0.29) is 16.6 Å². The Labute approximate surface area is 119 Å². The molecule has 0 fully saturated rings. The molecule has 0 saturated carbocycles. The standard InChI is InChI=1S/C11H8BrF3N4O/c12-8-2-1-6(3-7(8)11(13,14)15)10(20)16-4-9-17-5-18-19-9/h1-3,5H,4H2,(H,16,20)(H,17,18,19). The Morgan fingerprint density at radius 3 is 2.75 bits per heavy atom. The van der Waals surface area contributed by atoms with E-state index in [4.69, 9.17) is 0 Å². The summed E-state index contributed by atoms with van der Waals surface area (Å²) in [5.41, 5.74) is -0.982. The molecular formula is C11H8BrF3N4O. The zero-order valence-corrected chi connectivity index (χ0v) is 11.4. The highest BCUT2D eigenvalue weighted by Gasteiger charge is 2.33. The van der Waals surface area contributed by atoms with E-state index < -0.39 is 17.6 Å². The molecule has 1 aromatic heterocycles. The molecule has 0 radical (unpaired) electrons. The van der Waals surface area contributed by atoms with E-state index in [0.29, 0.717) is 5.82 Å². The van der Waals surface area contributed by atoms with Crippen LogP contribution in [0.15, 0.2) is 29.0 Å². The molecule has 1 heterocycles. The number of amides is 1. The first-order chi connectivity index (χ1) is 9.38. The van der Waals surface area contributed by atoms with Crippen LogP contribution in [-0.2, 0) is 12.7 Å². The van der Waals surface area contributed by atoms with E-state index in [1.54, 1.807) is 0 Å². The van der Waals surface area contributed by atoms with Gasteiger partial charge in [-0.1, -0.05) is 15.9 Å². The van der Waals surface area contributed by atoms with Crippen LogP contribution in [0.25, 0.3) is 0 Å². The van der Waals surface area contributed by atoms with Gasteiger partial charge in [-0.25, -0.2) is 4.98 Å². The van der Waals surface area contributed by atoms with Crippen molar-refractivity contribution in [2.45, 2.75) is 12.7 Å². The van der Waals surface area contributed by atoms with Crippen molar-refractivity contribution in [3.8, 4) is 0 Å². The molecule has 1 amide bonds. The van der Waals surface area contributed by atoms with Crippen molar-refractivity contribution < 1.29 is 18.0 Å². The summed E-state index contributed by atoms with van der Waals surface area (Å²) in [7, 11) is 0. The van der Waals surface area contributed by atoms with Crippen molar-refractivity contribution >= 4 is 21.8 Å². The third-order valence-corrected chi connectivity index (χ3v) is 3.11. The number of carbonyl (C=O) groups excluding carboxylic acids is 1. The maximum atomic E-state index is 12.7. The SMILES string of the molecule is O=C(NCc1ncn[nH]1)c1ccc(Br)c(C(F)(F)F)c1. The van der Waals surface area contributed by atoms with Gasteiger partial charge < -0.3 is 5.32 Å². The minimum Gasteiger partial charge on any atom is -0.345 e. The second-order valence-corrected chi connectivity index (χ2v) is 4.66. The third-order valence-electron chi connectivity index (χ3n) is 2.42. The number of halogens is 4. The van der Waals surface area contributed by atoms with Gasteiger partial charge in [-0.3, -0.25) is 9.89 Å². The molecule has 106 valence electrons. The number of H-pyrrole nitrogens is 1.